The molecule has 0 fully saturated rings. The van der Waals surface area contributed by atoms with Crippen LogP contribution in [0.3, 0.4) is 0 Å². The summed E-state index contributed by atoms with van der Waals surface area (Å²) in [6, 6.07) is 12.1. The van der Waals surface area contributed by atoms with E-state index in [9.17, 15) is 4.39 Å². The van der Waals surface area contributed by atoms with Gasteiger partial charge in [0.1, 0.15) is 18.2 Å². The molecule has 4 heteroatoms. The first-order valence-corrected chi connectivity index (χ1v) is 6.75. The van der Waals surface area contributed by atoms with Gasteiger partial charge in [0, 0.05) is 5.56 Å². The highest BCUT2D eigenvalue weighted by molar-refractivity contribution is 5.41. The molecule has 0 spiro atoms. The van der Waals surface area contributed by atoms with Crippen molar-refractivity contribution >= 4 is 0 Å². The Balaban J connectivity index is 2.22. The summed E-state index contributed by atoms with van der Waals surface area (Å²) in [6.45, 7) is 2.55. The van der Waals surface area contributed by atoms with Gasteiger partial charge >= 0.3 is 0 Å². The minimum atomic E-state index is -0.372. The molecule has 0 aliphatic carbocycles. The lowest BCUT2D eigenvalue weighted by atomic mass is 10.1. The van der Waals surface area contributed by atoms with Crippen molar-refractivity contribution in [2.24, 2.45) is 5.73 Å². The Morgan fingerprint density at radius 3 is 2.76 bits per heavy atom. The fourth-order valence-electron chi connectivity index (χ4n) is 2.18. The zero-order chi connectivity index (χ0) is 15.2. The largest absolute Gasteiger partial charge is 0.488 e. The van der Waals surface area contributed by atoms with Crippen LogP contribution in [-0.2, 0) is 13.0 Å². The molecule has 108 valence electrons. The summed E-state index contributed by atoms with van der Waals surface area (Å²) in [6.07, 6.45) is 0.706. The molecular weight excluding hydrogens is 267 g/mol. The molecule has 0 unspecified atom stereocenters. The molecular formula is C17H17FN2O. The van der Waals surface area contributed by atoms with Crippen molar-refractivity contribution in [2.75, 3.05) is 6.54 Å². The molecule has 2 aromatic rings. The molecule has 0 saturated heterocycles. The topological polar surface area (TPSA) is 59.0 Å². The number of hydrogen-bond donors (Lipinski definition) is 1. The fourth-order valence-corrected chi connectivity index (χ4v) is 2.18. The van der Waals surface area contributed by atoms with Gasteiger partial charge < -0.3 is 10.5 Å². The lowest BCUT2D eigenvalue weighted by Gasteiger charge is -2.14. The molecule has 0 radical (unpaired) electrons. The van der Waals surface area contributed by atoms with Crippen molar-refractivity contribution in [3.8, 4) is 11.8 Å². The zero-order valence-corrected chi connectivity index (χ0v) is 11.9. The predicted octanol–water partition coefficient (Wildman–Crippen LogP) is 3.09. The summed E-state index contributed by atoms with van der Waals surface area (Å²) in [5.41, 5.74) is 8.38. The smallest absolute Gasteiger partial charge is 0.129 e. The number of benzene rings is 2. The normalized spacial score (nSPS) is 10.2. The van der Waals surface area contributed by atoms with Gasteiger partial charge in [0.25, 0.3) is 0 Å². The van der Waals surface area contributed by atoms with Crippen LogP contribution in [0.4, 0.5) is 4.39 Å². The zero-order valence-electron chi connectivity index (χ0n) is 11.9. The molecule has 0 saturated carbocycles. The predicted molar refractivity (Wildman–Crippen MR) is 79.4 cm³/mol. The van der Waals surface area contributed by atoms with Crippen LogP contribution in [0.1, 0.15) is 22.3 Å². The van der Waals surface area contributed by atoms with E-state index in [2.05, 4.69) is 0 Å². The number of aryl methyl sites for hydroxylation is 1. The highest BCUT2D eigenvalue weighted by Crippen LogP contribution is 2.25. The minimum Gasteiger partial charge on any atom is -0.488 e. The van der Waals surface area contributed by atoms with Gasteiger partial charge in [-0.15, -0.1) is 0 Å². The average molecular weight is 284 g/mol. The Bertz CT molecular complexity index is 677. The van der Waals surface area contributed by atoms with Crippen LogP contribution in [-0.4, -0.2) is 6.54 Å². The van der Waals surface area contributed by atoms with Crippen LogP contribution in [0.5, 0.6) is 5.75 Å². The van der Waals surface area contributed by atoms with Crippen LogP contribution in [0.25, 0.3) is 0 Å². The van der Waals surface area contributed by atoms with Gasteiger partial charge in [0.2, 0.25) is 0 Å². The molecule has 2 rings (SSSR count). The van der Waals surface area contributed by atoms with E-state index in [-0.39, 0.29) is 12.4 Å². The first-order valence-electron chi connectivity index (χ1n) is 6.75. The van der Waals surface area contributed by atoms with Crippen LogP contribution in [0, 0.1) is 24.1 Å². The summed E-state index contributed by atoms with van der Waals surface area (Å²) < 4.78 is 19.5. The van der Waals surface area contributed by atoms with Crippen LogP contribution in [0.2, 0.25) is 0 Å². The Kier molecular flexibility index (Phi) is 4.91. The summed E-state index contributed by atoms with van der Waals surface area (Å²) in [7, 11) is 0. The van der Waals surface area contributed by atoms with Crippen molar-refractivity contribution in [1.29, 1.82) is 5.26 Å². The Labute approximate surface area is 123 Å². The molecule has 0 aliphatic heterocycles. The molecule has 0 aliphatic rings. The van der Waals surface area contributed by atoms with Gasteiger partial charge in [-0.25, -0.2) is 4.39 Å². The lowest BCUT2D eigenvalue weighted by molar-refractivity contribution is 0.294. The third-order valence-electron chi connectivity index (χ3n) is 3.25. The molecule has 0 bridgehead atoms. The number of halogens is 1. The molecule has 0 atom stereocenters. The van der Waals surface area contributed by atoms with E-state index in [1.807, 2.05) is 31.2 Å². The van der Waals surface area contributed by atoms with E-state index in [1.165, 1.54) is 18.2 Å². The van der Waals surface area contributed by atoms with Gasteiger partial charge in [0.05, 0.1) is 11.6 Å². The van der Waals surface area contributed by atoms with Crippen LogP contribution >= 0.6 is 0 Å². The van der Waals surface area contributed by atoms with Crippen LogP contribution < -0.4 is 10.5 Å². The van der Waals surface area contributed by atoms with Gasteiger partial charge in [-0.1, -0.05) is 18.2 Å². The molecule has 2 N–H and O–H groups in total. The molecule has 0 aromatic heterocycles. The number of ether oxygens (including phenoxy) is 1. The number of hydrogen-bond acceptors (Lipinski definition) is 3. The van der Waals surface area contributed by atoms with E-state index in [4.69, 9.17) is 15.7 Å². The number of rotatable bonds is 5. The number of nitrogens with two attached hydrogens (primary N) is 1. The second-order valence-corrected chi connectivity index (χ2v) is 4.81. The van der Waals surface area contributed by atoms with Crippen LogP contribution in [0.15, 0.2) is 36.4 Å². The number of nitriles is 1. The molecule has 0 heterocycles. The number of nitrogens with zero attached hydrogens (tertiary/aromatic N) is 1. The van der Waals surface area contributed by atoms with E-state index in [0.717, 1.165) is 16.9 Å². The first-order chi connectivity index (χ1) is 10.2. The van der Waals surface area contributed by atoms with Gasteiger partial charge in [-0.2, -0.15) is 5.26 Å². The summed E-state index contributed by atoms with van der Waals surface area (Å²) in [5.74, 6) is 0.368. The lowest BCUT2D eigenvalue weighted by Crippen LogP contribution is -2.07. The van der Waals surface area contributed by atoms with Gasteiger partial charge in [-0.05, 0) is 49.2 Å². The fraction of sp³-hybridized carbons (Fsp3) is 0.235. The number of para-hydroxylation sites is 1. The van der Waals surface area contributed by atoms with E-state index in [0.29, 0.717) is 24.1 Å². The van der Waals surface area contributed by atoms with E-state index in [1.54, 1.807) is 0 Å². The van der Waals surface area contributed by atoms with Gasteiger partial charge in [0.15, 0.2) is 0 Å². The van der Waals surface area contributed by atoms with Crippen molar-refractivity contribution < 1.29 is 9.13 Å². The quantitative estimate of drug-likeness (QED) is 0.917. The Hall–Kier alpha value is -2.38. The van der Waals surface area contributed by atoms with Gasteiger partial charge in [-0.3, -0.25) is 0 Å². The summed E-state index contributed by atoms with van der Waals surface area (Å²) >= 11 is 0. The highest BCUT2D eigenvalue weighted by atomic mass is 19.1. The Morgan fingerprint density at radius 1 is 1.24 bits per heavy atom. The van der Waals surface area contributed by atoms with E-state index >= 15 is 0 Å². The molecule has 3 nitrogen and oxygen atoms in total. The average Bonchev–Trinajstić information content (AvgIpc) is 2.48. The van der Waals surface area contributed by atoms with E-state index < -0.39 is 0 Å². The second kappa shape index (κ2) is 6.87. The third-order valence-corrected chi connectivity index (χ3v) is 3.25. The third kappa shape index (κ3) is 3.59. The standard InChI is InChI=1S/C17H17FN2O/c1-12-3-2-4-14(7-8-19)17(12)21-11-15-9-13(10-20)5-6-16(15)18/h2-6,9H,7-8,11,19H2,1H3. The summed E-state index contributed by atoms with van der Waals surface area (Å²) in [5, 5.41) is 8.87. The van der Waals surface area contributed by atoms with Crippen molar-refractivity contribution in [1.82, 2.24) is 0 Å². The second-order valence-electron chi connectivity index (χ2n) is 4.81. The summed E-state index contributed by atoms with van der Waals surface area (Å²) in [4.78, 5) is 0. The minimum absolute atomic E-state index is 0.0871. The molecule has 0 amide bonds. The first kappa shape index (κ1) is 15.0. The molecule has 2 aromatic carbocycles. The Morgan fingerprint density at radius 2 is 2.05 bits per heavy atom. The maximum atomic E-state index is 13.7. The molecule has 21 heavy (non-hydrogen) atoms. The highest BCUT2D eigenvalue weighted by Gasteiger charge is 2.09. The maximum Gasteiger partial charge on any atom is 0.129 e. The SMILES string of the molecule is Cc1cccc(CCN)c1OCc1cc(C#N)ccc1F. The van der Waals surface area contributed by atoms with Crippen molar-refractivity contribution in [2.45, 2.75) is 20.0 Å². The monoisotopic (exact) mass is 284 g/mol. The van der Waals surface area contributed by atoms with Crippen molar-refractivity contribution in [3.63, 3.8) is 0 Å². The maximum absolute atomic E-state index is 13.7. The van der Waals surface area contributed by atoms with Crippen molar-refractivity contribution in [3.05, 3.63) is 64.5 Å².